The zero-order valence-corrected chi connectivity index (χ0v) is 13.3. The summed E-state index contributed by atoms with van der Waals surface area (Å²) in [7, 11) is 3.48. The predicted molar refractivity (Wildman–Crippen MR) is 79.1 cm³/mol. The number of ether oxygens (including phenoxy) is 1. The number of nitrogens with one attached hydrogen (secondary N) is 1. The van der Waals surface area contributed by atoms with Crippen molar-refractivity contribution in [1.29, 1.82) is 0 Å². The summed E-state index contributed by atoms with van der Waals surface area (Å²) in [5, 5.41) is 7.60. The van der Waals surface area contributed by atoms with E-state index in [0.29, 0.717) is 17.6 Å². The summed E-state index contributed by atoms with van der Waals surface area (Å²) >= 11 is 3.14. The fourth-order valence-electron chi connectivity index (χ4n) is 2.12. The third-order valence-corrected chi connectivity index (χ3v) is 3.74. The minimum atomic E-state index is -0.251. The van der Waals surface area contributed by atoms with Gasteiger partial charge in [-0.1, -0.05) is 6.07 Å². The van der Waals surface area contributed by atoms with Crippen LogP contribution in [0, 0.1) is 12.7 Å². The van der Waals surface area contributed by atoms with E-state index in [1.807, 2.05) is 20.0 Å². The molecule has 108 valence electrons. The van der Waals surface area contributed by atoms with Gasteiger partial charge in [-0.3, -0.25) is 0 Å². The van der Waals surface area contributed by atoms with Gasteiger partial charge in [0.25, 0.3) is 0 Å². The molecule has 0 aliphatic rings. The van der Waals surface area contributed by atoms with Crippen LogP contribution in [0.1, 0.15) is 16.8 Å². The third-order valence-electron chi connectivity index (χ3n) is 3.10. The van der Waals surface area contributed by atoms with Crippen molar-refractivity contribution < 1.29 is 9.13 Å². The van der Waals surface area contributed by atoms with Gasteiger partial charge in [-0.2, -0.15) is 5.10 Å². The number of hydrogen-bond donors (Lipinski definition) is 1. The molecule has 0 saturated heterocycles. The molecule has 1 heterocycles. The average molecular weight is 342 g/mol. The molecule has 0 aliphatic carbocycles. The van der Waals surface area contributed by atoms with Crippen LogP contribution in [-0.4, -0.2) is 16.9 Å². The average Bonchev–Trinajstić information content (AvgIpc) is 2.68. The van der Waals surface area contributed by atoms with E-state index in [4.69, 9.17) is 4.74 Å². The fourth-order valence-corrected chi connectivity index (χ4v) is 2.37. The number of methoxy groups -OCH3 is 1. The van der Waals surface area contributed by atoms with E-state index in [9.17, 15) is 4.39 Å². The first-order valence-corrected chi connectivity index (χ1v) is 7.03. The zero-order chi connectivity index (χ0) is 14.7. The van der Waals surface area contributed by atoms with E-state index >= 15 is 0 Å². The highest BCUT2D eigenvalue weighted by Gasteiger charge is 2.13. The molecule has 0 saturated carbocycles. The van der Waals surface area contributed by atoms with E-state index in [0.717, 1.165) is 22.7 Å². The Morgan fingerprint density at radius 3 is 2.80 bits per heavy atom. The van der Waals surface area contributed by atoms with Crippen LogP contribution in [0.3, 0.4) is 0 Å². The monoisotopic (exact) mass is 341 g/mol. The van der Waals surface area contributed by atoms with E-state index in [-0.39, 0.29) is 5.82 Å². The number of hydrogen-bond acceptors (Lipinski definition) is 3. The largest absolute Gasteiger partial charge is 0.481 e. The second kappa shape index (κ2) is 6.37. The first-order chi connectivity index (χ1) is 9.52. The molecule has 0 amide bonds. The Morgan fingerprint density at radius 1 is 1.40 bits per heavy atom. The second-order valence-corrected chi connectivity index (χ2v) is 5.40. The van der Waals surface area contributed by atoms with Crippen LogP contribution in [0.5, 0.6) is 5.88 Å². The van der Waals surface area contributed by atoms with Crippen molar-refractivity contribution in [2.24, 2.45) is 7.05 Å². The fraction of sp³-hybridized carbons (Fsp3) is 0.357. The Labute approximate surface area is 126 Å². The topological polar surface area (TPSA) is 39.1 Å². The molecule has 0 spiro atoms. The molecule has 2 rings (SSSR count). The lowest BCUT2D eigenvalue weighted by Crippen LogP contribution is -2.14. The Kier molecular flexibility index (Phi) is 4.77. The van der Waals surface area contributed by atoms with Crippen LogP contribution in [0.2, 0.25) is 0 Å². The van der Waals surface area contributed by atoms with Crippen molar-refractivity contribution >= 4 is 15.9 Å². The van der Waals surface area contributed by atoms with Crippen molar-refractivity contribution in [3.63, 3.8) is 0 Å². The summed E-state index contributed by atoms with van der Waals surface area (Å²) in [6.07, 6.45) is 0. The molecular weight excluding hydrogens is 325 g/mol. The van der Waals surface area contributed by atoms with Crippen LogP contribution in [0.15, 0.2) is 22.7 Å². The lowest BCUT2D eigenvalue weighted by atomic mass is 10.2. The normalized spacial score (nSPS) is 10.8. The minimum absolute atomic E-state index is 0.251. The quantitative estimate of drug-likeness (QED) is 0.908. The highest BCUT2D eigenvalue weighted by molar-refractivity contribution is 9.10. The molecule has 0 unspecified atom stereocenters. The molecule has 1 aromatic carbocycles. The van der Waals surface area contributed by atoms with Crippen LogP contribution in [-0.2, 0) is 20.1 Å². The Balaban J connectivity index is 2.01. The van der Waals surface area contributed by atoms with Crippen molar-refractivity contribution in [1.82, 2.24) is 15.1 Å². The number of rotatable bonds is 5. The zero-order valence-electron chi connectivity index (χ0n) is 11.7. The van der Waals surface area contributed by atoms with Gasteiger partial charge in [0.2, 0.25) is 5.88 Å². The van der Waals surface area contributed by atoms with Gasteiger partial charge in [0.15, 0.2) is 0 Å². The molecule has 0 atom stereocenters. The van der Waals surface area contributed by atoms with E-state index < -0.39 is 0 Å². The van der Waals surface area contributed by atoms with Crippen molar-refractivity contribution in [3.8, 4) is 5.88 Å². The Morgan fingerprint density at radius 2 is 2.15 bits per heavy atom. The molecule has 1 N–H and O–H groups in total. The van der Waals surface area contributed by atoms with Crippen LogP contribution in [0.4, 0.5) is 4.39 Å². The molecule has 6 heteroatoms. The number of aryl methyl sites for hydroxylation is 2. The van der Waals surface area contributed by atoms with Crippen molar-refractivity contribution in [2.75, 3.05) is 7.11 Å². The van der Waals surface area contributed by atoms with Crippen molar-refractivity contribution in [2.45, 2.75) is 20.0 Å². The highest BCUT2D eigenvalue weighted by Crippen LogP contribution is 2.21. The molecule has 1 aromatic heterocycles. The van der Waals surface area contributed by atoms with E-state index in [2.05, 4.69) is 26.3 Å². The lowest BCUT2D eigenvalue weighted by Gasteiger charge is -2.07. The van der Waals surface area contributed by atoms with Gasteiger partial charge in [-0.25, -0.2) is 9.07 Å². The summed E-state index contributed by atoms with van der Waals surface area (Å²) < 4.78 is 20.9. The van der Waals surface area contributed by atoms with Gasteiger partial charge in [0.1, 0.15) is 5.82 Å². The van der Waals surface area contributed by atoms with Crippen LogP contribution >= 0.6 is 15.9 Å². The molecule has 0 fully saturated rings. The van der Waals surface area contributed by atoms with Gasteiger partial charge < -0.3 is 10.1 Å². The minimum Gasteiger partial charge on any atom is -0.481 e. The molecule has 4 nitrogen and oxygen atoms in total. The molecule has 0 radical (unpaired) electrons. The smallest absolute Gasteiger partial charge is 0.216 e. The molecule has 0 aliphatic heterocycles. The van der Waals surface area contributed by atoms with Crippen molar-refractivity contribution in [3.05, 3.63) is 45.3 Å². The Hall–Kier alpha value is -1.40. The SMILES string of the molecule is COc1c(CNCc2ccc(Br)c(F)c2)c(C)nn1C. The van der Waals surface area contributed by atoms with Crippen LogP contribution < -0.4 is 10.1 Å². The summed E-state index contributed by atoms with van der Waals surface area (Å²) in [5.41, 5.74) is 2.85. The maximum absolute atomic E-state index is 13.4. The number of nitrogens with zero attached hydrogens (tertiary/aromatic N) is 2. The molecule has 0 bridgehead atoms. The lowest BCUT2D eigenvalue weighted by molar-refractivity contribution is 0.368. The Bertz CT molecular complexity index is 613. The summed E-state index contributed by atoms with van der Waals surface area (Å²) in [4.78, 5) is 0. The summed E-state index contributed by atoms with van der Waals surface area (Å²) in [6.45, 7) is 3.15. The number of aromatic nitrogens is 2. The second-order valence-electron chi connectivity index (χ2n) is 4.55. The number of benzene rings is 1. The van der Waals surface area contributed by atoms with Gasteiger partial charge >= 0.3 is 0 Å². The maximum Gasteiger partial charge on any atom is 0.216 e. The molecule has 20 heavy (non-hydrogen) atoms. The first-order valence-electron chi connectivity index (χ1n) is 6.24. The molecular formula is C14H17BrFN3O. The van der Waals surface area contributed by atoms with E-state index in [1.165, 1.54) is 6.07 Å². The maximum atomic E-state index is 13.4. The summed E-state index contributed by atoms with van der Waals surface area (Å²) in [6, 6.07) is 5.11. The summed E-state index contributed by atoms with van der Waals surface area (Å²) in [5.74, 6) is 0.497. The first kappa shape index (κ1) is 15.0. The van der Waals surface area contributed by atoms with Gasteiger partial charge in [-0.05, 0) is 40.5 Å². The van der Waals surface area contributed by atoms with Crippen LogP contribution in [0.25, 0.3) is 0 Å². The highest BCUT2D eigenvalue weighted by atomic mass is 79.9. The third kappa shape index (κ3) is 3.19. The predicted octanol–water partition coefficient (Wildman–Crippen LogP) is 2.93. The van der Waals surface area contributed by atoms with Gasteiger partial charge in [0.05, 0.1) is 22.8 Å². The number of halogens is 2. The van der Waals surface area contributed by atoms with Gasteiger partial charge in [0, 0.05) is 20.1 Å². The van der Waals surface area contributed by atoms with E-state index in [1.54, 1.807) is 17.9 Å². The molecule has 2 aromatic rings. The van der Waals surface area contributed by atoms with Gasteiger partial charge in [-0.15, -0.1) is 0 Å². The standard InChI is InChI=1S/C14H17BrFN3O/c1-9-11(14(20-3)19(2)18-9)8-17-7-10-4-5-12(15)13(16)6-10/h4-6,17H,7-8H2,1-3H3.